The number of thiophene rings is 1. The number of rotatable bonds is 4. The summed E-state index contributed by atoms with van der Waals surface area (Å²) in [6, 6.07) is 13.2. The summed E-state index contributed by atoms with van der Waals surface area (Å²) in [7, 11) is 0. The fourth-order valence-corrected chi connectivity index (χ4v) is 4.24. The lowest BCUT2D eigenvalue weighted by Gasteiger charge is -2.14. The van der Waals surface area contributed by atoms with E-state index in [0.717, 1.165) is 10.1 Å². The summed E-state index contributed by atoms with van der Waals surface area (Å²) in [5.74, 6) is 4.63. The number of carboxylic acid groups (broad SMARTS) is 1. The molecule has 2 aromatic heterocycles. The van der Waals surface area contributed by atoms with E-state index in [1.165, 1.54) is 35.6 Å². The van der Waals surface area contributed by atoms with Gasteiger partial charge in [0.1, 0.15) is 10.6 Å². The van der Waals surface area contributed by atoms with Gasteiger partial charge in [0.05, 0.1) is 21.9 Å². The Balaban J connectivity index is 1.65. The van der Waals surface area contributed by atoms with Crippen LogP contribution in [0.3, 0.4) is 0 Å². The molecule has 0 aliphatic heterocycles. The molecule has 4 aromatic rings. The Morgan fingerprint density at radius 2 is 1.84 bits per heavy atom. The van der Waals surface area contributed by atoms with Crippen LogP contribution in [0.1, 0.15) is 39.3 Å². The Bertz CT molecular complexity index is 1490. The molecule has 8 heteroatoms. The van der Waals surface area contributed by atoms with E-state index in [2.05, 4.69) is 16.8 Å². The minimum absolute atomic E-state index is 0.124. The average molecular weight is 448 g/mol. The van der Waals surface area contributed by atoms with Crippen molar-refractivity contribution < 1.29 is 14.3 Å². The van der Waals surface area contributed by atoms with E-state index in [9.17, 15) is 18.8 Å². The first-order valence-electron chi connectivity index (χ1n) is 9.68. The molecule has 0 aliphatic rings. The number of nitrogens with zero attached hydrogens (tertiary/aromatic N) is 1. The standard InChI is InChI=1S/C24H17FN2O4S/c1-14(16-7-9-17(10-8-16)23(29)30)27-22(28)20-13-19(32-21(20)26-24(27)31)4-2-3-15-5-11-18(25)12-6-15/h5-14H,3H2,1H3,(H,26,31)(H,29,30). The summed E-state index contributed by atoms with van der Waals surface area (Å²) in [5.41, 5.74) is 0.640. The topological polar surface area (TPSA) is 92.2 Å². The van der Waals surface area contributed by atoms with Gasteiger partial charge in [-0.15, -0.1) is 11.3 Å². The van der Waals surface area contributed by atoms with Gasteiger partial charge in [0.2, 0.25) is 0 Å². The number of fused-ring (bicyclic) bond motifs is 1. The van der Waals surface area contributed by atoms with Crippen molar-refractivity contribution in [1.82, 2.24) is 9.55 Å². The van der Waals surface area contributed by atoms with Crippen LogP contribution in [0, 0.1) is 17.7 Å². The molecule has 0 radical (unpaired) electrons. The summed E-state index contributed by atoms with van der Waals surface area (Å²) in [4.78, 5) is 40.5. The van der Waals surface area contributed by atoms with Crippen molar-refractivity contribution in [3.8, 4) is 11.8 Å². The van der Waals surface area contributed by atoms with Crippen molar-refractivity contribution in [2.24, 2.45) is 0 Å². The molecular formula is C24H17FN2O4S. The minimum atomic E-state index is -1.05. The molecule has 2 N–H and O–H groups in total. The van der Waals surface area contributed by atoms with Crippen molar-refractivity contribution in [3.63, 3.8) is 0 Å². The molecule has 2 heterocycles. The highest BCUT2D eigenvalue weighted by atomic mass is 32.1. The minimum Gasteiger partial charge on any atom is -0.478 e. The summed E-state index contributed by atoms with van der Waals surface area (Å²) in [6.45, 7) is 1.70. The fourth-order valence-electron chi connectivity index (χ4n) is 3.32. The second-order valence-corrected chi connectivity index (χ2v) is 8.22. The molecule has 1 atom stereocenters. The normalized spacial score (nSPS) is 11.7. The summed E-state index contributed by atoms with van der Waals surface area (Å²) >= 11 is 1.22. The van der Waals surface area contributed by atoms with Gasteiger partial charge in [-0.2, -0.15) is 0 Å². The van der Waals surface area contributed by atoms with Crippen LogP contribution in [0.25, 0.3) is 10.2 Å². The lowest BCUT2D eigenvalue weighted by Crippen LogP contribution is -2.37. The molecule has 32 heavy (non-hydrogen) atoms. The number of aromatic amines is 1. The van der Waals surface area contributed by atoms with Crippen molar-refractivity contribution >= 4 is 27.5 Å². The zero-order valence-electron chi connectivity index (χ0n) is 16.9. The molecule has 2 aromatic carbocycles. The van der Waals surface area contributed by atoms with Gasteiger partial charge in [-0.1, -0.05) is 36.1 Å². The molecule has 160 valence electrons. The zero-order chi connectivity index (χ0) is 22.8. The molecule has 0 bridgehead atoms. The monoisotopic (exact) mass is 448 g/mol. The van der Waals surface area contributed by atoms with Crippen LogP contribution in [0.5, 0.6) is 0 Å². The maximum atomic E-state index is 13.1. The Kier molecular flexibility index (Phi) is 5.75. The highest BCUT2D eigenvalue weighted by Crippen LogP contribution is 2.21. The van der Waals surface area contributed by atoms with Crippen molar-refractivity contribution in [2.75, 3.05) is 0 Å². The molecule has 0 aliphatic carbocycles. The number of aromatic carboxylic acids is 1. The van der Waals surface area contributed by atoms with E-state index in [4.69, 9.17) is 5.11 Å². The SMILES string of the molecule is CC(c1ccc(C(=O)O)cc1)n1c(=O)[nH]c2sc(C#CCc3ccc(F)cc3)cc2c1=O. The van der Waals surface area contributed by atoms with Crippen LogP contribution in [0.4, 0.5) is 4.39 Å². The first-order chi connectivity index (χ1) is 15.3. The first-order valence-corrected chi connectivity index (χ1v) is 10.5. The summed E-state index contributed by atoms with van der Waals surface area (Å²) < 4.78 is 14.1. The Labute approximate surface area is 185 Å². The number of carbonyl (C=O) groups is 1. The van der Waals surface area contributed by atoms with Crippen LogP contribution in [-0.4, -0.2) is 20.6 Å². The van der Waals surface area contributed by atoms with Gasteiger partial charge in [0.15, 0.2) is 0 Å². The number of aromatic nitrogens is 2. The molecule has 0 spiro atoms. The predicted molar refractivity (Wildman–Crippen MR) is 121 cm³/mol. The lowest BCUT2D eigenvalue weighted by molar-refractivity contribution is 0.0697. The van der Waals surface area contributed by atoms with E-state index < -0.39 is 23.3 Å². The molecule has 0 saturated heterocycles. The van der Waals surface area contributed by atoms with Gasteiger partial charge >= 0.3 is 11.7 Å². The molecule has 6 nitrogen and oxygen atoms in total. The van der Waals surface area contributed by atoms with Gasteiger partial charge in [-0.05, 0) is 48.4 Å². The second kappa shape index (κ2) is 8.65. The number of carboxylic acids is 1. The molecule has 0 saturated carbocycles. The maximum absolute atomic E-state index is 13.1. The van der Waals surface area contributed by atoms with Crippen molar-refractivity contribution in [1.29, 1.82) is 0 Å². The number of hydrogen-bond acceptors (Lipinski definition) is 4. The third-order valence-corrected chi connectivity index (χ3v) is 6.03. The molecular weight excluding hydrogens is 431 g/mol. The van der Waals surface area contributed by atoms with Crippen LogP contribution >= 0.6 is 11.3 Å². The highest BCUT2D eigenvalue weighted by Gasteiger charge is 2.17. The number of benzene rings is 2. The van der Waals surface area contributed by atoms with E-state index in [0.29, 0.717) is 27.1 Å². The number of H-pyrrole nitrogens is 1. The zero-order valence-corrected chi connectivity index (χ0v) is 17.7. The second-order valence-electron chi connectivity index (χ2n) is 7.17. The Hall–Kier alpha value is -3.96. The van der Waals surface area contributed by atoms with Crippen molar-refractivity contribution in [2.45, 2.75) is 19.4 Å². The van der Waals surface area contributed by atoms with E-state index in [1.54, 1.807) is 37.3 Å². The fraction of sp³-hybridized carbons (Fsp3) is 0.125. The third kappa shape index (κ3) is 4.24. The van der Waals surface area contributed by atoms with Gasteiger partial charge in [-0.25, -0.2) is 14.0 Å². The molecule has 1 unspecified atom stereocenters. The smallest absolute Gasteiger partial charge is 0.335 e. The third-order valence-electron chi connectivity index (χ3n) is 5.07. The molecule has 0 amide bonds. The Morgan fingerprint density at radius 1 is 1.16 bits per heavy atom. The summed E-state index contributed by atoms with van der Waals surface area (Å²) in [6.07, 6.45) is 0.429. The van der Waals surface area contributed by atoms with E-state index in [-0.39, 0.29) is 11.4 Å². The number of hydrogen-bond donors (Lipinski definition) is 2. The highest BCUT2D eigenvalue weighted by molar-refractivity contribution is 7.19. The molecule has 0 fully saturated rings. The molecule has 4 rings (SSSR count). The largest absolute Gasteiger partial charge is 0.478 e. The van der Waals surface area contributed by atoms with Gasteiger partial charge in [0, 0.05) is 6.42 Å². The predicted octanol–water partition coefficient (Wildman–Crippen LogP) is 3.79. The van der Waals surface area contributed by atoms with Crippen LogP contribution in [-0.2, 0) is 6.42 Å². The van der Waals surface area contributed by atoms with Gasteiger partial charge in [-0.3, -0.25) is 14.3 Å². The van der Waals surface area contributed by atoms with Gasteiger partial charge < -0.3 is 5.11 Å². The van der Waals surface area contributed by atoms with Crippen LogP contribution < -0.4 is 11.2 Å². The van der Waals surface area contributed by atoms with E-state index >= 15 is 0 Å². The lowest BCUT2D eigenvalue weighted by atomic mass is 10.1. The number of halogens is 1. The first kappa shape index (κ1) is 21.3. The number of nitrogens with one attached hydrogen (secondary N) is 1. The maximum Gasteiger partial charge on any atom is 0.335 e. The van der Waals surface area contributed by atoms with Crippen LogP contribution in [0.2, 0.25) is 0 Å². The summed E-state index contributed by atoms with van der Waals surface area (Å²) in [5, 5.41) is 9.40. The Morgan fingerprint density at radius 3 is 2.50 bits per heavy atom. The quantitative estimate of drug-likeness (QED) is 0.465. The van der Waals surface area contributed by atoms with Crippen LogP contribution in [0.15, 0.2) is 64.2 Å². The average Bonchev–Trinajstić information content (AvgIpc) is 3.18. The van der Waals surface area contributed by atoms with Gasteiger partial charge in [0.25, 0.3) is 5.56 Å². The van der Waals surface area contributed by atoms with Crippen molar-refractivity contribution in [3.05, 3.63) is 103 Å². The van der Waals surface area contributed by atoms with E-state index in [1.807, 2.05) is 0 Å².